The molecule has 10 heteroatoms. The number of halogens is 3. The van der Waals surface area contributed by atoms with E-state index in [2.05, 4.69) is 4.98 Å². The maximum absolute atomic E-state index is 13.1. The molecule has 0 aliphatic carbocycles. The molecule has 1 aromatic carbocycles. The molecule has 0 unspecified atom stereocenters. The summed E-state index contributed by atoms with van der Waals surface area (Å²) in [7, 11) is -3.70. The standard InChI is InChI=1S/C20H22F3N3O3S/c1-2-29-16-4-3-5-17(10-16)30(27,28)25-9-8-14-12-26(18(14)13-25)19-7-6-15(11-24-19)20(21,22)23/h3-7,10-11,14,18H,2,8-9,12-13H2,1H3/t14-,18-/m0/s1. The van der Waals surface area contributed by atoms with Crippen LogP contribution in [0.15, 0.2) is 47.5 Å². The lowest BCUT2D eigenvalue weighted by Gasteiger charge is -2.53. The minimum atomic E-state index is -4.44. The van der Waals surface area contributed by atoms with Gasteiger partial charge in [0.05, 0.1) is 17.1 Å². The SMILES string of the molecule is CCOc1cccc(S(=O)(=O)N2CC[C@H]3CN(c4ccc(C(F)(F)F)cn4)[C@H]3C2)c1. The van der Waals surface area contributed by atoms with Crippen molar-refractivity contribution in [2.45, 2.75) is 30.5 Å². The van der Waals surface area contributed by atoms with Crippen LogP contribution in [0.2, 0.25) is 0 Å². The van der Waals surface area contributed by atoms with Crippen LogP contribution in [0.5, 0.6) is 5.75 Å². The Morgan fingerprint density at radius 3 is 2.67 bits per heavy atom. The second kappa shape index (κ2) is 7.73. The third-order valence-electron chi connectivity index (χ3n) is 5.64. The molecule has 3 heterocycles. The van der Waals surface area contributed by atoms with Gasteiger partial charge in [-0.25, -0.2) is 13.4 Å². The fourth-order valence-corrected chi connectivity index (χ4v) is 5.52. The Kier molecular flexibility index (Phi) is 5.39. The molecule has 2 aromatic rings. The summed E-state index contributed by atoms with van der Waals surface area (Å²) in [5.41, 5.74) is -0.801. The number of aromatic nitrogens is 1. The molecule has 0 N–H and O–H groups in total. The minimum Gasteiger partial charge on any atom is -0.494 e. The van der Waals surface area contributed by atoms with Crippen molar-refractivity contribution in [2.75, 3.05) is 31.1 Å². The van der Waals surface area contributed by atoms with Crippen LogP contribution in [0.3, 0.4) is 0 Å². The van der Waals surface area contributed by atoms with Crippen LogP contribution in [-0.4, -0.2) is 50.0 Å². The van der Waals surface area contributed by atoms with E-state index >= 15 is 0 Å². The van der Waals surface area contributed by atoms with Crippen molar-refractivity contribution >= 4 is 15.8 Å². The summed E-state index contributed by atoms with van der Waals surface area (Å²) < 4.78 is 71.4. The highest BCUT2D eigenvalue weighted by atomic mass is 32.2. The third kappa shape index (κ3) is 3.85. The maximum Gasteiger partial charge on any atom is 0.417 e. The summed E-state index contributed by atoms with van der Waals surface area (Å²) >= 11 is 0. The van der Waals surface area contributed by atoms with Gasteiger partial charge in [-0.2, -0.15) is 17.5 Å². The highest BCUT2D eigenvalue weighted by molar-refractivity contribution is 7.89. The zero-order valence-electron chi connectivity index (χ0n) is 16.3. The van der Waals surface area contributed by atoms with Gasteiger partial charge in [0.2, 0.25) is 10.0 Å². The molecule has 6 nitrogen and oxygen atoms in total. The number of hydrogen-bond acceptors (Lipinski definition) is 5. The van der Waals surface area contributed by atoms with Gasteiger partial charge in [-0.15, -0.1) is 0 Å². The average molecular weight is 441 g/mol. The number of anilines is 1. The Balaban J connectivity index is 1.51. The normalized spacial score (nSPS) is 22.3. The summed E-state index contributed by atoms with van der Waals surface area (Å²) in [6.07, 6.45) is -2.92. The molecule has 1 aromatic heterocycles. The Labute approximate surface area is 173 Å². The van der Waals surface area contributed by atoms with Crippen molar-refractivity contribution in [3.05, 3.63) is 48.2 Å². The molecule has 0 spiro atoms. The first-order chi connectivity index (χ1) is 14.2. The first-order valence-electron chi connectivity index (χ1n) is 9.73. The molecule has 0 bridgehead atoms. The van der Waals surface area contributed by atoms with Crippen molar-refractivity contribution < 1.29 is 26.3 Å². The van der Waals surface area contributed by atoms with E-state index in [0.717, 1.165) is 12.3 Å². The summed E-state index contributed by atoms with van der Waals surface area (Å²) in [5.74, 6) is 1.23. The molecule has 4 rings (SSSR count). The number of ether oxygens (including phenoxy) is 1. The molecule has 2 atom stereocenters. The number of rotatable bonds is 5. The molecule has 0 amide bonds. The van der Waals surface area contributed by atoms with E-state index in [1.165, 1.54) is 16.4 Å². The summed E-state index contributed by atoms with van der Waals surface area (Å²) in [6.45, 7) is 3.61. The molecular formula is C20H22F3N3O3S. The molecule has 0 saturated carbocycles. The van der Waals surface area contributed by atoms with E-state index in [1.807, 2.05) is 11.8 Å². The molecule has 0 radical (unpaired) electrons. The molecule has 2 aliphatic rings. The summed E-state index contributed by atoms with van der Waals surface area (Å²) in [6, 6.07) is 8.66. The zero-order chi connectivity index (χ0) is 21.5. The van der Waals surface area contributed by atoms with Gasteiger partial charge >= 0.3 is 6.18 Å². The van der Waals surface area contributed by atoms with Crippen LogP contribution in [-0.2, 0) is 16.2 Å². The van der Waals surface area contributed by atoms with Crippen LogP contribution < -0.4 is 9.64 Å². The zero-order valence-corrected chi connectivity index (χ0v) is 17.2. The van der Waals surface area contributed by atoms with Gasteiger partial charge in [-0.3, -0.25) is 0 Å². The molecule has 30 heavy (non-hydrogen) atoms. The molecule has 2 fully saturated rings. The van der Waals surface area contributed by atoms with Gasteiger partial charge < -0.3 is 9.64 Å². The van der Waals surface area contributed by atoms with Gasteiger partial charge in [-0.05, 0) is 43.5 Å². The number of hydrogen-bond donors (Lipinski definition) is 0. The first-order valence-corrected chi connectivity index (χ1v) is 11.2. The highest BCUT2D eigenvalue weighted by Crippen LogP contribution is 2.38. The van der Waals surface area contributed by atoms with Gasteiger partial charge in [0.15, 0.2) is 0 Å². The van der Waals surface area contributed by atoms with Crippen molar-refractivity contribution in [2.24, 2.45) is 5.92 Å². The predicted octanol–water partition coefficient (Wildman–Crippen LogP) is 3.40. The summed E-state index contributed by atoms with van der Waals surface area (Å²) in [4.78, 5) is 6.01. The van der Waals surface area contributed by atoms with Crippen LogP contribution >= 0.6 is 0 Å². The monoisotopic (exact) mass is 441 g/mol. The van der Waals surface area contributed by atoms with E-state index < -0.39 is 21.8 Å². The summed E-state index contributed by atoms with van der Waals surface area (Å²) in [5, 5.41) is 0. The average Bonchev–Trinajstić information content (AvgIpc) is 2.69. The fourth-order valence-electron chi connectivity index (χ4n) is 4.01. The lowest BCUT2D eigenvalue weighted by Crippen LogP contribution is -2.65. The van der Waals surface area contributed by atoms with Crippen molar-refractivity contribution in [3.8, 4) is 5.75 Å². The quantitative estimate of drug-likeness (QED) is 0.712. The Morgan fingerprint density at radius 1 is 1.20 bits per heavy atom. The van der Waals surface area contributed by atoms with Crippen LogP contribution in [0.4, 0.5) is 19.0 Å². The minimum absolute atomic E-state index is 0.104. The first kappa shape index (κ1) is 20.9. The number of pyridine rings is 1. The van der Waals surface area contributed by atoms with Gasteiger partial charge in [0, 0.05) is 37.9 Å². The molecule has 2 saturated heterocycles. The Morgan fingerprint density at radius 2 is 2.00 bits per heavy atom. The second-order valence-corrected chi connectivity index (χ2v) is 9.38. The number of benzene rings is 1. The van der Waals surface area contributed by atoms with Crippen LogP contribution in [0.25, 0.3) is 0 Å². The van der Waals surface area contributed by atoms with E-state index in [-0.39, 0.29) is 17.5 Å². The van der Waals surface area contributed by atoms with Crippen molar-refractivity contribution in [3.63, 3.8) is 0 Å². The number of nitrogens with zero attached hydrogens (tertiary/aromatic N) is 3. The van der Waals surface area contributed by atoms with Gasteiger partial charge in [0.1, 0.15) is 11.6 Å². The Bertz CT molecular complexity index is 1010. The largest absolute Gasteiger partial charge is 0.494 e. The second-order valence-electron chi connectivity index (χ2n) is 7.44. The fraction of sp³-hybridized carbons (Fsp3) is 0.450. The predicted molar refractivity (Wildman–Crippen MR) is 105 cm³/mol. The van der Waals surface area contributed by atoms with E-state index in [0.29, 0.717) is 43.6 Å². The Hall–Kier alpha value is -2.33. The maximum atomic E-state index is 13.1. The molecular weight excluding hydrogens is 419 g/mol. The number of fused-ring (bicyclic) bond motifs is 1. The number of piperidine rings is 1. The molecule has 2 aliphatic heterocycles. The van der Waals surface area contributed by atoms with Gasteiger partial charge in [-0.1, -0.05) is 6.07 Å². The van der Waals surface area contributed by atoms with Crippen LogP contribution in [0, 0.1) is 5.92 Å². The van der Waals surface area contributed by atoms with Crippen LogP contribution in [0.1, 0.15) is 18.9 Å². The lowest BCUT2D eigenvalue weighted by atomic mass is 9.83. The topological polar surface area (TPSA) is 62.7 Å². The third-order valence-corrected chi connectivity index (χ3v) is 7.50. The smallest absolute Gasteiger partial charge is 0.417 e. The van der Waals surface area contributed by atoms with Crippen molar-refractivity contribution in [1.29, 1.82) is 0 Å². The number of alkyl halides is 3. The van der Waals surface area contributed by atoms with E-state index in [9.17, 15) is 21.6 Å². The lowest BCUT2D eigenvalue weighted by molar-refractivity contribution is -0.137. The van der Waals surface area contributed by atoms with Crippen molar-refractivity contribution in [1.82, 2.24) is 9.29 Å². The highest BCUT2D eigenvalue weighted by Gasteiger charge is 2.46. The van der Waals surface area contributed by atoms with E-state index in [1.54, 1.807) is 18.2 Å². The number of sulfonamides is 1. The molecule has 162 valence electrons. The van der Waals surface area contributed by atoms with Gasteiger partial charge in [0.25, 0.3) is 0 Å². The van der Waals surface area contributed by atoms with E-state index in [4.69, 9.17) is 4.74 Å².